The maximum atomic E-state index is 13.8. The van der Waals surface area contributed by atoms with Crippen molar-refractivity contribution in [2.45, 2.75) is 77.7 Å². The van der Waals surface area contributed by atoms with Crippen LogP contribution >= 0.6 is 0 Å². The summed E-state index contributed by atoms with van der Waals surface area (Å²) in [6.07, 6.45) is 12.8. The molecule has 0 aromatic heterocycles. The quantitative estimate of drug-likeness (QED) is 0.525. The zero-order chi connectivity index (χ0) is 18.5. The molecule has 0 amide bonds. The van der Waals surface area contributed by atoms with Crippen molar-refractivity contribution in [2.24, 2.45) is 23.7 Å². The molecule has 0 radical (unpaired) electrons. The average Bonchev–Trinajstić information content (AvgIpc) is 2.63. The van der Waals surface area contributed by atoms with E-state index >= 15 is 0 Å². The first-order valence-corrected chi connectivity index (χ1v) is 10.2. The summed E-state index contributed by atoms with van der Waals surface area (Å²) < 4.78 is 42.3. The third-order valence-corrected chi connectivity index (χ3v) is 6.67. The maximum absolute atomic E-state index is 13.8. The Hall–Kier alpha value is -1.19. The van der Waals surface area contributed by atoms with E-state index in [4.69, 9.17) is 0 Å². The van der Waals surface area contributed by atoms with Crippen molar-refractivity contribution in [1.29, 1.82) is 0 Å². The number of halogens is 3. The molecule has 2 aliphatic carbocycles. The second-order valence-electron chi connectivity index (χ2n) is 8.48. The van der Waals surface area contributed by atoms with Crippen LogP contribution < -0.4 is 4.74 Å². The van der Waals surface area contributed by atoms with Gasteiger partial charge in [-0.05, 0) is 79.9 Å². The van der Waals surface area contributed by atoms with Crippen LogP contribution in [0.4, 0.5) is 13.2 Å². The van der Waals surface area contributed by atoms with Gasteiger partial charge in [0.05, 0.1) is 0 Å². The molecule has 2 saturated carbocycles. The van der Waals surface area contributed by atoms with Crippen LogP contribution in [-0.4, -0.2) is 6.61 Å². The minimum Gasteiger partial charge on any atom is -0.432 e. The fraction of sp³-hybridized carbons (Fsp3) is 0.727. The Balaban J connectivity index is 1.42. The van der Waals surface area contributed by atoms with Gasteiger partial charge >= 0.3 is 6.61 Å². The van der Waals surface area contributed by atoms with E-state index in [-0.39, 0.29) is 5.75 Å². The largest absolute Gasteiger partial charge is 0.432 e. The Morgan fingerprint density at radius 1 is 0.962 bits per heavy atom. The Labute approximate surface area is 155 Å². The summed E-state index contributed by atoms with van der Waals surface area (Å²) in [6, 6.07) is 4.36. The van der Waals surface area contributed by atoms with E-state index < -0.39 is 12.4 Å². The maximum Gasteiger partial charge on any atom is 0.387 e. The molecule has 0 heterocycles. The molecule has 2 fully saturated rings. The molecule has 0 unspecified atom stereocenters. The molecule has 1 aromatic rings. The lowest BCUT2D eigenvalue weighted by atomic mass is 9.69. The van der Waals surface area contributed by atoms with Crippen molar-refractivity contribution in [3.63, 3.8) is 0 Å². The number of hydrogen-bond acceptors (Lipinski definition) is 1. The van der Waals surface area contributed by atoms with Gasteiger partial charge in [-0.3, -0.25) is 0 Å². The number of ether oxygens (including phenoxy) is 1. The summed E-state index contributed by atoms with van der Waals surface area (Å²) in [6.45, 7) is -0.611. The topological polar surface area (TPSA) is 9.23 Å². The van der Waals surface area contributed by atoms with Crippen LogP contribution in [0.1, 0.15) is 70.3 Å². The first kappa shape index (κ1) is 19.6. The highest BCUT2D eigenvalue weighted by molar-refractivity contribution is 5.29. The lowest BCUT2D eigenvalue weighted by Crippen LogP contribution is -2.25. The molecular formula is C22H31F3O. The Morgan fingerprint density at radius 3 is 2.15 bits per heavy atom. The summed E-state index contributed by atoms with van der Waals surface area (Å²) in [5, 5.41) is 0. The molecule has 1 aromatic carbocycles. The van der Waals surface area contributed by atoms with Crippen LogP contribution in [-0.2, 0) is 6.42 Å². The van der Waals surface area contributed by atoms with Gasteiger partial charge in [0.25, 0.3) is 0 Å². The predicted molar refractivity (Wildman–Crippen MR) is 97.9 cm³/mol. The SMILES string of the molecule is CC1CCC(C2CCC(CCc3ccc(OC(F)F)c(F)c3)CC2)CC1. The number of benzene rings is 1. The lowest BCUT2D eigenvalue weighted by Gasteiger charge is -2.37. The van der Waals surface area contributed by atoms with Crippen LogP contribution in [0.5, 0.6) is 5.75 Å². The molecule has 2 aliphatic rings. The third kappa shape index (κ3) is 5.40. The highest BCUT2D eigenvalue weighted by atomic mass is 19.3. The van der Waals surface area contributed by atoms with Crippen molar-refractivity contribution in [3.05, 3.63) is 29.6 Å². The Kier molecular flexibility index (Phi) is 6.88. The fourth-order valence-corrected chi connectivity index (χ4v) is 4.97. The van der Waals surface area contributed by atoms with Crippen molar-refractivity contribution in [2.75, 3.05) is 0 Å². The van der Waals surface area contributed by atoms with Crippen LogP contribution in [0.3, 0.4) is 0 Å². The van der Waals surface area contributed by atoms with E-state index in [0.29, 0.717) is 5.92 Å². The highest BCUT2D eigenvalue weighted by Crippen LogP contribution is 2.42. The number of alkyl halides is 2. The summed E-state index contributed by atoms with van der Waals surface area (Å²) >= 11 is 0. The Morgan fingerprint density at radius 2 is 1.58 bits per heavy atom. The van der Waals surface area contributed by atoms with Crippen molar-refractivity contribution >= 4 is 0 Å². The van der Waals surface area contributed by atoms with Crippen LogP contribution in [0, 0.1) is 29.5 Å². The zero-order valence-electron chi connectivity index (χ0n) is 15.7. The van der Waals surface area contributed by atoms with Crippen molar-refractivity contribution < 1.29 is 17.9 Å². The van der Waals surface area contributed by atoms with E-state index in [1.54, 1.807) is 6.07 Å². The lowest BCUT2D eigenvalue weighted by molar-refractivity contribution is -0.0522. The zero-order valence-corrected chi connectivity index (χ0v) is 15.7. The first-order chi connectivity index (χ1) is 12.5. The number of hydrogen-bond donors (Lipinski definition) is 0. The third-order valence-electron chi connectivity index (χ3n) is 6.67. The predicted octanol–water partition coefficient (Wildman–Crippen LogP) is 6.99. The average molecular weight is 368 g/mol. The summed E-state index contributed by atoms with van der Waals surface area (Å²) in [5.74, 6) is 2.43. The van der Waals surface area contributed by atoms with Crippen molar-refractivity contribution in [3.8, 4) is 5.75 Å². The van der Waals surface area contributed by atoms with Gasteiger partial charge < -0.3 is 4.74 Å². The molecule has 1 nitrogen and oxygen atoms in total. The van der Waals surface area contributed by atoms with Gasteiger partial charge in [-0.1, -0.05) is 38.7 Å². The molecule has 4 heteroatoms. The first-order valence-electron chi connectivity index (χ1n) is 10.2. The molecule has 0 saturated heterocycles. The van der Waals surface area contributed by atoms with E-state index in [2.05, 4.69) is 11.7 Å². The van der Waals surface area contributed by atoms with Gasteiger partial charge in [0.1, 0.15) is 0 Å². The van der Waals surface area contributed by atoms with Gasteiger partial charge in [0.15, 0.2) is 11.6 Å². The molecule has 0 spiro atoms. The van der Waals surface area contributed by atoms with Crippen LogP contribution in [0.15, 0.2) is 18.2 Å². The summed E-state index contributed by atoms with van der Waals surface area (Å²) in [7, 11) is 0. The van der Waals surface area contributed by atoms with Gasteiger partial charge in [-0.2, -0.15) is 8.78 Å². The molecule has 3 rings (SSSR count). The molecular weight excluding hydrogens is 337 g/mol. The van der Waals surface area contributed by atoms with E-state index in [0.717, 1.165) is 36.2 Å². The number of aryl methyl sites for hydroxylation is 1. The van der Waals surface area contributed by atoms with Gasteiger partial charge in [0, 0.05) is 0 Å². The minimum absolute atomic E-state index is 0.369. The second-order valence-corrected chi connectivity index (χ2v) is 8.48. The summed E-state index contributed by atoms with van der Waals surface area (Å²) in [4.78, 5) is 0. The molecule has 26 heavy (non-hydrogen) atoms. The molecule has 0 N–H and O–H groups in total. The van der Waals surface area contributed by atoms with Crippen LogP contribution in [0.2, 0.25) is 0 Å². The van der Waals surface area contributed by atoms with Crippen LogP contribution in [0.25, 0.3) is 0 Å². The van der Waals surface area contributed by atoms with Crippen molar-refractivity contribution in [1.82, 2.24) is 0 Å². The van der Waals surface area contributed by atoms with Gasteiger partial charge in [0.2, 0.25) is 0 Å². The highest BCUT2D eigenvalue weighted by Gasteiger charge is 2.29. The normalized spacial score (nSPS) is 29.7. The summed E-state index contributed by atoms with van der Waals surface area (Å²) in [5.41, 5.74) is 0.868. The molecule has 146 valence electrons. The Bertz CT molecular complexity index is 559. The standard InChI is InChI=1S/C22H31F3O/c1-15-2-9-18(10-3-15)19-11-6-16(7-12-19)4-5-17-8-13-21(20(23)14-17)26-22(24)25/h8,13-16,18-19,22H,2-7,9-12H2,1H3. The fourth-order valence-electron chi connectivity index (χ4n) is 4.97. The minimum atomic E-state index is -2.99. The van der Waals surface area contributed by atoms with E-state index in [9.17, 15) is 13.2 Å². The van der Waals surface area contributed by atoms with Gasteiger partial charge in [-0.25, -0.2) is 4.39 Å². The van der Waals surface area contributed by atoms with E-state index in [1.165, 1.54) is 63.5 Å². The number of rotatable bonds is 6. The molecule has 0 bridgehead atoms. The molecule has 0 atom stereocenters. The van der Waals surface area contributed by atoms with E-state index in [1.807, 2.05) is 0 Å². The smallest absolute Gasteiger partial charge is 0.387 e. The monoisotopic (exact) mass is 368 g/mol. The second kappa shape index (κ2) is 9.14. The molecule has 0 aliphatic heterocycles. The van der Waals surface area contributed by atoms with Gasteiger partial charge in [-0.15, -0.1) is 0 Å².